The fourth-order valence-electron chi connectivity index (χ4n) is 1.43. The van der Waals surface area contributed by atoms with Crippen molar-refractivity contribution in [3.63, 3.8) is 0 Å². The van der Waals surface area contributed by atoms with Crippen LogP contribution in [0, 0.1) is 5.41 Å². The van der Waals surface area contributed by atoms with Crippen LogP contribution in [0.5, 0.6) is 5.75 Å². The summed E-state index contributed by atoms with van der Waals surface area (Å²) in [5, 5.41) is 3.49. The molecule has 1 aromatic rings. The lowest BCUT2D eigenvalue weighted by Crippen LogP contribution is -2.30. The summed E-state index contributed by atoms with van der Waals surface area (Å²) >= 11 is 0. The van der Waals surface area contributed by atoms with Gasteiger partial charge in [-0.25, -0.2) is 0 Å². The Labute approximate surface area is 111 Å². The van der Waals surface area contributed by atoms with E-state index < -0.39 is 0 Å². The van der Waals surface area contributed by atoms with Crippen molar-refractivity contribution in [2.75, 3.05) is 17.7 Å². The van der Waals surface area contributed by atoms with Crippen molar-refractivity contribution >= 4 is 11.4 Å². The van der Waals surface area contributed by atoms with Gasteiger partial charge < -0.3 is 15.8 Å². The minimum Gasteiger partial charge on any atom is -0.491 e. The van der Waals surface area contributed by atoms with Crippen LogP contribution in [0.4, 0.5) is 11.4 Å². The highest BCUT2D eigenvalue weighted by Gasteiger charge is 2.19. The van der Waals surface area contributed by atoms with Gasteiger partial charge in [0.25, 0.3) is 0 Å². The molecule has 0 aliphatic heterocycles. The van der Waals surface area contributed by atoms with Gasteiger partial charge in [0.05, 0.1) is 12.3 Å². The van der Waals surface area contributed by atoms with Crippen LogP contribution in [0.15, 0.2) is 18.2 Å². The third-order valence-electron chi connectivity index (χ3n) is 3.16. The number of anilines is 2. The molecule has 0 aliphatic rings. The number of rotatable bonds is 5. The first-order chi connectivity index (χ1) is 8.34. The van der Waals surface area contributed by atoms with E-state index in [0.29, 0.717) is 18.3 Å². The van der Waals surface area contributed by atoms with Crippen molar-refractivity contribution in [1.82, 2.24) is 0 Å². The van der Waals surface area contributed by atoms with Crippen LogP contribution in [0.2, 0.25) is 0 Å². The molecule has 0 amide bonds. The van der Waals surface area contributed by atoms with E-state index in [4.69, 9.17) is 10.5 Å². The summed E-state index contributed by atoms with van der Waals surface area (Å²) in [7, 11) is 0. The number of benzene rings is 1. The Morgan fingerprint density at radius 2 is 2.00 bits per heavy atom. The van der Waals surface area contributed by atoms with Gasteiger partial charge in [0, 0.05) is 17.8 Å². The van der Waals surface area contributed by atoms with Gasteiger partial charge in [0.1, 0.15) is 5.75 Å². The van der Waals surface area contributed by atoms with Crippen LogP contribution in [-0.4, -0.2) is 12.6 Å². The molecule has 0 radical (unpaired) electrons. The van der Waals surface area contributed by atoms with Crippen molar-refractivity contribution in [2.24, 2.45) is 5.41 Å². The molecule has 0 aromatic heterocycles. The van der Waals surface area contributed by atoms with Gasteiger partial charge in [-0.1, -0.05) is 27.7 Å². The van der Waals surface area contributed by atoms with Gasteiger partial charge in [0.2, 0.25) is 0 Å². The summed E-state index contributed by atoms with van der Waals surface area (Å²) in [6.07, 6.45) is 0.982. The molecule has 3 nitrogen and oxygen atoms in total. The summed E-state index contributed by atoms with van der Waals surface area (Å²) in [5.74, 6) is 0.767. The van der Waals surface area contributed by atoms with Crippen molar-refractivity contribution in [2.45, 2.75) is 47.1 Å². The summed E-state index contributed by atoms with van der Waals surface area (Å²) in [6, 6.07) is 6.24. The summed E-state index contributed by atoms with van der Waals surface area (Å²) in [4.78, 5) is 0. The van der Waals surface area contributed by atoms with Crippen LogP contribution < -0.4 is 15.8 Å². The number of hydrogen-bond donors (Lipinski definition) is 2. The zero-order valence-corrected chi connectivity index (χ0v) is 12.2. The van der Waals surface area contributed by atoms with Gasteiger partial charge in [-0.15, -0.1) is 0 Å². The molecule has 3 heteroatoms. The normalized spacial score (nSPS) is 13.2. The van der Waals surface area contributed by atoms with E-state index in [-0.39, 0.29) is 5.41 Å². The molecule has 1 rings (SSSR count). The topological polar surface area (TPSA) is 47.3 Å². The van der Waals surface area contributed by atoms with Crippen molar-refractivity contribution in [3.05, 3.63) is 18.2 Å². The fourth-order valence-corrected chi connectivity index (χ4v) is 1.43. The van der Waals surface area contributed by atoms with Crippen molar-refractivity contribution < 1.29 is 4.74 Å². The lowest BCUT2D eigenvalue weighted by molar-refractivity contribution is 0.319. The first-order valence-electron chi connectivity index (χ1n) is 6.63. The maximum atomic E-state index is 5.89. The molecule has 0 aliphatic carbocycles. The van der Waals surface area contributed by atoms with Crippen molar-refractivity contribution in [3.8, 4) is 5.75 Å². The SMILES string of the molecule is CCCOc1cc(NC(C)C(C)(C)C)ccc1N. The van der Waals surface area contributed by atoms with E-state index in [0.717, 1.165) is 17.9 Å². The van der Waals surface area contributed by atoms with Gasteiger partial charge in [-0.05, 0) is 30.9 Å². The number of nitrogens with two attached hydrogens (primary N) is 1. The van der Waals surface area contributed by atoms with Crippen LogP contribution >= 0.6 is 0 Å². The van der Waals surface area contributed by atoms with Gasteiger partial charge >= 0.3 is 0 Å². The van der Waals surface area contributed by atoms with E-state index in [1.54, 1.807) is 0 Å². The fraction of sp³-hybridized carbons (Fsp3) is 0.600. The molecule has 18 heavy (non-hydrogen) atoms. The largest absolute Gasteiger partial charge is 0.491 e. The minimum absolute atomic E-state index is 0.214. The number of nitrogens with one attached hydrogen (secondary N) is 1. The third-order valence-corrected chi connectivity index (χ3v) is 3.16. The van der Waals surface area contributed by atoms with E-state index >= 15 is 0 Å². The maximum absolute atomic E-state index is 5.89. The lowest BCUT2D eigenvalue weighted by Gasteiger charge is -2.29. The average molecular weight is 250 g/mol. The molecule has 1 aromatic carbocycles. The Hall–Kier alpha value is -1.38. The molecular formula is C15H26N2O. The summed E-state index contributed by atoms with van der Waals surface area (Å²) in [6.45, 7) is 11.6. The summed E-state index contributed by atoms with van der Waals surface area (Å²) < 4.78 is 5.63. The number of ether oxygens (including phenoxy) is 1. The second-order valence-corrected chi connectivity index (χ2v) is 5.83. The smallest absolute Gasteiger partial charge is 0.144 e. The summed E-state index contributed by atoms with van der Waals surface area (Å²) in [5.41, 5.74) is 7.85. The van der Waals surface area contributed by atoms with Crippen LogP contribution in [-0.2, 0) is 0 Å². The van der Waals surface area contributed by atoms with E-state index in [1.807, 2.05) is 18.2 Å². The van der Waals surface area contributed by atoms with Gasteiger partial charge in [-0.2, -0.15) is 0 Å². The molecule has 1 atom stereocenters. The Bertz CT molecular complexity index is 383. The zero-order valence-electron chi connectivity index (χ0n) is 12.2. The van der Waals surface area contributed by atoms with Gasteiger partial charge in [0.15, 0.2) is 0 Å². The predicted octanol–water partition coefficient (Wildman–Crippen LogP) is 3.90. The molecule has 0 bridgehead atoms. The Kier molecular flexibility index (Phi) is 4.88. The van der Waals surface area contributed by atoms with E-state index in [9.17, 15) is 0 Å². The van der Waals surface area contributed by atoms with Crippen LogP contribution in [0.3, 0.4) is 0 Å². The van der Waals surface area contributed by atoms with Crippen molar-refractivity contribution in [1.29, 1.82) is 0 Å². The highest BCUT2D eigenvalue weighted by Crippen LogP contribution is 2.28. The Balaban J connectivity index is 2.78. The van der Waals surface area contributed by atoms with Gasteiger partial charge in [-0.3, -0.25) is 0 Å². The molecule has 3 N–H and O–H groups in total. The zero-order chi connectivity index (χ0) is 13.8. The third kappa shape index (κ3) is 4.13. The highest BCUT2D eigenvalue weighted by atomic mass is 16.5. The molecule has 0 fully saturated rings. The molecule has 1 unspecified atom stereocenters. The first-order valence-corrected chi connectivity index (χ1v) is 6.63. The predicted molar refractivity (Wildman–Crippen MR) is 79.2 cm³/mol. The second kappa shape index (κ2) is 5.98. The first kappa shape index (κ1) is 14.7. The number of hydrogen-bond acceptors (Lipinski definition) is 3. The number of nitrogen functional groups attached to an aromatic ring is 1. The molecule has 0 saturated heterocycles. The average Bonchev–Trinajstić information content (AvgIpc) is 2.28. The lowest BCUT2D eigenvalue weighted by atomic mass is 9.88. The van der Waals surface area contributed by atoms with Crippen LogP contribution in [0.1, 0.15) is 41.0 Å². The molecule has 0 heterocycles. The van der Waals surface area contributed by atoms with E-state index in [2.05, 4.69) is 39.9 Å². The Morgan fingerprint density at radius 1 is 1.33 bits per heavy atom. The standard InChI is InChI=1S/C15H26N2O/c1-6-9-18-14-10-12(7-8-13(14)16)17-11(2)15(3,4)5/h7-8,10-11,17H,6,9,16H2,1-5H3. The monoisotopic (exact) mass is 250 g/mol. The maximum Gasteiger partial charge on any atom is 0.144 e. The van der Waals surface area contributed by atoms with E-state index in [1.165, 1.54) is 0 Å². The molecular weight excluding hydrogens is 224 g/mol. The minimum atomic E-state index is 0.214. The molecule has 0 saturated carbocycles. The molecule has 102 valence electrons. The van der Waals surface area contributed by atoms with Crippen LogP contribution in [0.25, 0.3) is 0 Å². The second-order valence-electron chi connectivity index (χ2n) is 5.83. The Morgan fingerprint density at radius 3 is 2.56 bits per heavy atom. The highest BCUT2D eigenvalue weighted by molar-refractivity contribution is 5.61. The quantitative estimate of drug-likeness (QED) is 0.779. The molecule has 0 spiro atoms.